The van der Waals surface area contributed by atoms with Crippen molar-refractivity contribution in [2.75, 3.05) is 34.4 Å². The number of benzene rings is 2. The zero-order chi connectivity index (χ0) is 24.9. The van der Waals surface area contributed by atoms with Crippen LogP contribution >= 0.6 is 11.8 Å². The molecule has 10 nitrogen and oxygen atoms in total. The van der Waals surface area contributed by atoms with Crippen LogP contribution in [-0.2, 0) is 4.79 Å². The number of carbonyl (C=O) groups excluding carboxylic acids is 3. The molecule has 1 fully saturated rings. The van der Waals surface area contributed by atoms with Crippen LogP contribution in [0.5, 0.6) is 17.2 Å². The van der Waals surface area contributed by atoms with E-state index in [1.165, 1.54) is 27.5 Å². The Hall–Kier alpha value is -4.12. The molecule has 180 valence electrons. The SMILES string of the molecule is COc1cc(/C=C2\SC(=O)N(CCNC(=O)c3cnc4ccccc4n3)C2=O)cc(OC)c1OC. The molecule has 2 aromatic carbocycles. The van der Waals surface area contributed by atoms with Gasteiger partial charge in [0.1, 0.15) is 5.69 Å². The van der Waals surface area contributed by atoms with Crippen LogP contribution in [-0.4, -0.2) is 66.3 Å². The second-order valence-corrected chi connectivity index (χ2v) is 8.29. The number of carbonyl (C=O) groups is 3. The summed E-state index contributed by atoms with van der Waals surface area (Å²) in [5.41, 5.74) is 2.04. The van der Waals surface area contributed by atoms with Crippen molar-refractivity contribution in [3.8, 4) is 17.2 Å². The molecule has 0 bridgehead atoms. The molecule has 1 saturated heterocycles. The molecule has 1 aliphatic heterocycles. The van der Waals surface area contributed by atoms with Gasteiger partial charge in [0, 0.05) is 13.1 Å². The minimum absolute atomic E-state index is 0.0179. The summed E-state index contributed by atoms with van der Waals surface area (Å²) in [7, 11) is 4.48. The summed E-state index contributed by atoms with van der Waals surface area (Å²) in [5, 5.41) is 2.25. The number of ether oxygens (including phenoxy) is 3. The number of rotatable bonds is 8. The van der Waals surface area contributed by atoms with Crippen molar-refractivity contribution >= 4 is 45.9 Å². The molecule has 0 saturated carbocycles. The molecule has 0 atom stereocenters. The number of methoxy groups -OCH3 is 3. The molecular formula is C24H22N4O6S. The van der Waals surface area contributed by atoms with E-state index in [1.807, 2.05) is 12.1 Å². The molecule has 1 aliphatic rings. The number of fused-ring (bicyclic) bond motifs is 1. The minimum Gasteiger partial charge on any atom is -0.493 e. The standard InChI is InChI=1S/C24H22N4O6S/c1-32-18-10-14(11-19(33-2)21(18)34-3)12-20-23(30)28(24(31)35-20)9-8-25-22(29)17-13-26-15-6-4-5-7-16(15)27-17/h4-7,10-13H,8-9H2,1-3H3,(H,25,29)/b20-12-. The monoisotopic (exact) mass is 494 g/mol. The van der Waals surface area contributed by atoms with Gasteiger partial charge < -0.3 is 19.5 Å². The van der Waals surface area contributed by atoms with Crippen LogP contribution < -0.4 is 19.5 Å². The Morgan fingerprint density at radius 1 is 1.06 bits per heavy atom. The average Bonchev–Trinajstić information content (AvgIpc) is 3.14. The van der Waals surface area contributed by atoms with Crippen LogP contribution in [0.1, 0.15) is 16.1 Å². The lowest BCUT2D eigenvalue weighted by molar-refractivity contribution is -0.122. The van der Waals surface area contributed by atoms with Gasteiger partial charge in [-0.15, -0.1) is 0 Å². The number of imide groups is 1. The van der Waals surface area contributed by atoms with Gasteiger partial charge in [0.25, 0.3) is 17.1 Å². The topological polar surface area (TPSA) is 120 Å². The lowest BCUT2D eigenvalue weighted by atomic mass is 10.1. The molecule has 3 aromatic rings. The maximum atomic E-state index is 12.8. The molecule has 0 spiro atoms. The summed E-state index contributed by atoms with van der Waals surface area (Å²) in [4.78, 5) is 47.6. The highest BCUT2D eigenvalue weighted by atomic mass is 32.2. The van der Waals surface area contributed by atoms with Gasteiger partial charge in [-0.1, -0.05) is 12.1 Å². The third kappa shape index (κ3) is 5.04. The maximum Gasteiger partial charge on any atom is 0.293 e. The first-order chi connectivity index (χ1) is 16.9. The fourth-order valence-corrected chi connectivity index (χ4v) is 4.33. The first-order valence-corrected chi connectivity index (χ1v) is 11.3. The summed E-state index contributed by atoms with van der Waals surface area (Å²) < 4.78 is 16.0. The molecule has 2 heterocycles. The number of aromatic nitrogens is 2. The summed E-state index contributed by atoms with van der Waals surface area (Å²) in [6, 6.07) is 10.6. The van der Waals surface area contributed by atoms with Crippen LogP contribution in [0.3, 0.4) is 0 Å². The van der Waals surface area contributed by atoms with Gasteiger partial charge in [0.2, 0.25) is 5.75 Å². The van der Waals surface area contributed by atoms with E-state index in [2.05, 4.69) is 15.3 Å². The fourth-order valence-electron chi connectivity index (χ4n) is 3.47. The average molecular weight is 495 g/mol. The number of nitrogens with zero attached hydrogens (tertiary/aromatic N) is 3. The third-order valence-corrected chi connectivity index (χ3v) is 6.07. The van der Waals surface area contributed by atoms with Crippen molar-refractivity contribution in [2.45, 2.75) is 0 Å². The van der Waals surface area contributed by atoms with Crippen molar-refractivity contribution in [1.29, 1.82) is 0 Å². The molecule has 3 amide bonds. The van der Waals surface area contributed by atoms with E-state index in [0.29, 0.717) is 33.8 Å². The Balaban J connectivity index is 1.42. The number of hydrogen-bond acceptors (Lipinski definition) is 9. The van der Waals surface area contributed by atoms with Gasteiger partial charge in [0.05, 0.1) is 43.5 Å². The van der Waals surface area contributed by atoms with Gasteiger partial charge in [-0.2, -0.15) is 0 Å². The van der Waals surface area contributed by atoms with E-state index in [9.17, 15) is 14.4 Å². The Labute approximate surface area is 205 Å². The van der Waals surface area contributed by atoms with Crippen molar-refractivity contribution in [3.05, 3.63) is 58.8 Å². The minimum atomic E-state index is -0.450. The summed E-state index contributed by atoms with van der Waals surface area (Å²) >= 11 is 0.821. The van der Waals surface area contributed by atoms with E-state index in [1.54, 1.807) is 30.3 Å². The van der Waals surface area contributed by atoms with E-state index in [-0.39, 0.29) is 23.7 Å². The fraction of sp³-hybridized carbons (Fsp3) is 0.208. The molecule has 0 unspecified atom stereocenters. The molecule has 1 aromatic heterocycles. The Bertz CT molecular complexity index is 1320. The Morgan fingerprint density at radius 3 is 2.40 bits per heavy atom. The van der Waals surface area contributed by atoms with E-state index < -0.39 is 17.1 Å². The number of amides is 3. The zero-order valence-electron chi connectivity index (χ0n) is 19.2. The molecular weight excluding hydrogens is 472 g/mol. The van der Waals surface area contributed by atoms with Crippen molar-refractivity contribution < 1.29 is 28.6 Å². The molecule has 0 aliphatic carbocycles. The highest BCUT2D eigenvalue weighted by Gasteiger charge is 2.34. The molecule has 4 rings (SSSR count). The smallest absolute Gasteiger partial charge is 0.293 e. The van der Waals surface area contributed by atoms with E-state index in [0.717, 1.165) is 16.7 Å². The van der Waals surface area contributed by atoms with Crippen LogP contribution in [0.15, 0.2) is 47.5 Å². The molecule has 0 radical (unpaired) electrons. The van der Waals surface area contributed by atoms with Crippen molar-refractivity contribution in [1.82, 2.24) is 20.2 Å². The van der Waals surface area contributed by atoms with Gasteiger partial charge in [-0.05, 0) is 47.7 Å². The highest BCUT2D eigenvalue weighted by Crippen LogP contribution is 2.40. The number of nitrogens with one attached hydrogen (secondary N) is 1. The zero-order valence-corrected chi connectivity index (χ0v) is 20.0. The number of para-hydroxylation sites is 2. The maximum absolute atomic E-state index is 12.8. The van der Waals surface area contributed by atoms with Gasteiger partial charge in [0.15, 0.2) is 11.5 Å². The van der Waals surface area contributed by atoms with Crippen LogP contribution in [0.2, 0.25) is 0 Å². The van der Waals surface area contributed by atoms with Gasteiger partial charge in [-0.3, -0.25) is 24.3 Å². The lowest BCUT2D eigenvalue weighted by Crippen LogP contribution is -2.37. The Morgan fingerprint density at radius 2 is 1.74 bits per heavy atom. The summed E-state index contributed by atoms with van der Waals surface area (Å²) in [6.45, 7) is 0.0901. The Kier molecular flexibility index (Phi) is 7.16. The lowest BCUT2D eigenvalue weighted by Gasteiger charge is -2.13. The van der Waals surface area contributed by atoms with Gasteiger partial charge >= 0.3 is 0 Å². The first kappa shape index (κ1) is 24.0. The normalized spacial score (nSPS) is 14.5. The number of hydrogen-bond donors (Lipinski definition) is 1. The van der Waals surface area contributed by atoms with Crippen LogP contribution in [0, 0.1) is 0 Å². The van der Waals surface area contributed by atoms with E-state index >= 15 is 0 Å². The predicted molar refractivity (Wildman–Crippen MR) is 131 cm³/mol. The molecule has 11 heteroatoms. The predicted octanol–water partition coefficient (Wildman–Crippen LogP) is 3.12. The first-order valence-electron chi connectivity index (χ1n) is 10.5. The molecule has 35 heavy (non-hydrogen) atoms. The summed E-state index contributed by atoms with van der Waals surface area (Å²) in [5.74, 6) is 0.387. The quantitative estimate of drug-likeness (QED) is 0.471. The van der Waals surface area contributed by atoms with Gasteiger partial charge in [-0.25, -0.2) is 4.98 Å². The molecule has 1 N–H and O–H groups in total. The van der Waals surface area contributed by atoms with Crippen LogP contribution in [0.4, 0.5) is 4.79 Å². The second kappa shape index (κ2) is 10.4. The third-order valence-electron chi connectivity index (χ3n) is 5.16. The number of thioether (sulfide) groups is 1. The van der Waals surface area contributed by atoms with Crippen LogP contribution in [0.25, 0.3) is 17.1 Å². The van der Waals surface area contributed by atoms with Crippen molar-refractivity contribution in [3.63, 3.8) is 0 Å². The second-order valence-electron chi connectivity index (χ2n) is 7.29. The highest BCUT2D eigenvalue weighted by molar-refractivity contribution is 8.18. The summed E-state index contributed by atoms with van der Waals surface area (Å²) in [6.07, 6.45) is 2.97. The van der Waals surface area contributed by atoms with E-state index in [4.69, 9.17) is 14.2 Å². The largest absolute Gasteiger partial charge is 0.493 e. The van der Waals surface area contributed by atoms with Crippen molar-refractivity contribution in [2.24, 2.45) is 0 Å².